The van der Waals surface area contributed by atoms with E-state index in [1.54, 1.807) is 31.4 Å². The molecule has 1 amide bonds. The molecule has 1 N–H and O–H groups in total. The summed E-state index contributed by atoms with van der Waals surface area (Å²) < 4.78 is 10.4. The third-order valence-electron chi connectivity index (χ3n) is 4.24. The second-order valence-electron chi connectivity index (χ2n) is 5.95. The third-order valence-corrected chi connectivity index (χ3v) is 4.24. The Morgan fingerprint density at radius 1 is 1.21 bits per heavy atom. The van der Waals surface area contributed by atoms with E-state index in [1.165, 1.54) is 0 Å². The number of carboxylic acids is 1. The molecule has 1 aliphatic heterocycles. The van der Waals surface area contributed by atoms with Gasteiger partial charge in [0.1, 0.15) is 12.4 Å². The molecule has 6 nitrogen and oxygen atoms in total. The largest absolute Gasteiger partial charge is 0.491 e. The van der Waals surface area contributed by atoms with E-state index in [1.807, 2.05) is 4.90 Å². The van der Waals surface area contributed by atoms with Crippen molar-refractivity contribution >= 4 is 11.9 Å². The molecule has 24 heavy (non-hydrogen) atoms. The first-order valence-corrected chi connectivity index (χ1v) is 8.36. The average Bonchev–Trinajstić information content (AvgIpc) is 2.60. The van der Waals surface area contributed by atoms with Gasteiger partial charge < -0.3 is 19.5 Å². The second kappa shape index (κ2) is 9.27. The number of carboxylic acid groups (broad SMARTS) is 1. The zero-order valence-electron chi connectivity index (χ0n) is 14.1. The number of methoxy groups -OCH3 is 1. The summed E-state index contributed by atoms with van der Waals surface area (Å²) in [5, 5.41) is 8.88. The predicted molar refractivity (Wildman–Crippen MR) is 89.4 cm³/mol. The molecule has 1 aromatic carbocycles. The van der Waals surface area contributed by atoms with Crippen molar-refractivity contribution in [3.05, 3.63) is 29.8 Å². The Bertz CT molecular complexity index is 543. The van der Waals surface area contributed by atoms with Gasteiger partial charge in [0, 0.05) is 31.7 Å². The van der Waals surface area contributed by atoms with E-state index in [0.717, 1.165) is 19.3 Å². The van der Waals surface area contributed by atoms with Crippen LogP contribution in [0.4, 0.5) is 0 Å². The first kappa shape index (κ1) is 18.3. The summed E-state index contributed by atoms with van der Waals surface area (Å²) in [6.45, 7) is 1.67. The monoisotopic (exact) mass is 335 g/mol. The van der Waals surface area contributed by atoms with Gasteiger partial charge in [-0.3, -0.25) is 9.59 Å². The smallest absolute Gasteiger partial charge is 0.303 e. The number of hydrogen-bond acceptors (Lipinski definition) is 4. The van der Waals surface area contributed by atoms with Crippen molar-refractivity contribution < 1.29 is 24.2 Å². The summed E-state index contributed by atoms with van der Waals surface area (Å²) in [5.74, 6) is -0.149. The Morgan fingerprint density at radius 3 is 2.62 bits per heavy atom. The maximum absolute atomic E-state index is 12.7. The molecule has 1 saturated heterocycles. The molecule has 132 valence electrons. The minimum Gasteiger partial charge on any atom is -0.491 e. The Balaban J connectivity index is 1.98. The second-order valence-corrected chi connectivity index (χ2v) is 5.95. The fourth-order valence-corrected chi connectivity index (χ4v) is 2.96. The lowest BCUT2D eigenvalue weighted by Gasteiger charge is -2.35. The predicted octanol–water partition coefficient (Wildman–Crippen LogP) is 2.57. The number of aliphatic carboxylic acids is 1. The summed E-state index contributed by atoms with van der Waals surface area (Å²) >= 11 is 0. The zero-order valence-corrected chi connectivity index (χ0v) is 14.1. The lowest BCUT2D eigenvalue weighted by atomic mass is 9.97. The molecule has 1 aliphatic rings. The van der Waals surface area contributed by atoms with E-state index in [-0.39, 0.29) is 18.4 Å². The van der Waals surface area contributed by atoms with Gasteiger partial charge in [0.05, 0.1) is 6.61 Å². The van der Waals surface area contributed by atoms with Crippen LogP contribution in [0, 0.1) is 0 Å². The van der Waals surface area contributed by atoms with E-state index < -0.39 is 5.97 Å². The molecular formula is C18H25NO5. The fraction of sp³-hybridized carbons (Fsp3) is 0.556. The molecule has 0 saturated carbocycles. The molecular weight excluding hydrogens is 310 g/mol. The van der Waals surface area contributed by atoms with Crippen LogP contribution >= 0.6 is 0 Å². The molecule has 0 aromatic heterocycles. The van der Waals surface area contributed by atoms with Crippen LogP contribution in [0.15, 0.2) is 24.3 Å². The van der Waals surface area contributed by atoms with Crippen molar-refractivity contribution in [1.29, 1.82) is 0 Å². The van der Waals surface area contributed by atoms with Crippen molar-refractivity contribution in [2.24, 2.45) is 0 Å². The number of benzene rings is 1. The fourth-order valence-electron chi connectivity index (χ4n) is 2.96. The summed E-state index contributed by atoms with van der Waals surface area (Å²) in [7, 11) is 1.62. The number of ether oxygens (including phenoxy) is 2. The van der Waals surface area contributed by atoms with E-state index in [2.05, 4.69) is 0 Å². The number of hydrogen-bond donors (Lipinski definition) is 1. The zero-order chi connectivity index (χ0) is 17.4. The first-order chi connectivity index (χ1) is 11.6. The average molecular weight is 335 g/mol. The van der Waals surface area contributed by atoms with Crippen LogP contribution in [0.1, 0.15) is 42.5 Å². The number of nitrogens with zero attached hydrogens (tertiary/aromatic N) is 1. The SMILES string of the molecule is COCCOc1ccc(C(=O)N2CCCCC2CCC(=O)O)cc1. The van der Waals surface area contributed by atoms with Crippen LogP contribution in [-0.2, 0) is 9.53 Å². The van der Waals surface area contributed by atoms with Gasteiger partial charge in [0.15, 0.2) is 0 Å². The van der Waals surface area contributed by atoms with E-state index in [0.29, 0.717) is 37.5 Å². The molecule has 6 heteroatoms. The van der Waals surface area contributed by atoms with E-state index >= 15 is 0 Å². The summed E-state index contributed by atoms with van der Waals surface area (Å²) in [5.41, 5.74) is 0.608. The van der Waals surface area contributed by atoms with Crippen molar-refractivity contribution in [3.8, 4) is 5.75 Å². The summed E-state index contributed by atoms with van der Waals surface area (Å²) in [6, 6.07) is 7.08. The highest BCUT2D eigenvalue weighted by molar-refractivity contribution is 5.94. The van der Waals surface area contributed by atoms with Gasteiger partial charge in [-0.25, -0.2) is 0 Å². The Labute approximate surface area is 142 Å². The van der Waals surface area contributed by atoms with Gasteiger partial charge in [0.25, 0.3) is 5.91 Å². The quantitative estimate of drug-likeness (QED) is 0.739. The lowest BCUT2D eigenvalue weighted by Crippen LogP contribution is -2.43. The minimum atomic E-state index is -0.814. The highest BCUT2D eigenvalue weighted by Crippen LogP contribution is 2.24. The Hall–Kier alpha value is -2.08. The van der Waals surface area contributed by atoms with Gasteiger partial charge >= 0.3 is 5.97 Å². The van der Waals surface area contributed by atoms with Crippen LogP contribution < -0.4 is 4.74 Å². The van der Waals surface area contributed by atoms with Gasteiger partial charge in [0.2, 0.25) is 0 Å². The van der Waals surface area contributed by atoms with E-state index in [9.17, 15) is 9.59 Å². The van der Waals surface area contributed by atoms with Crippen molar-refractivity contribution in [2.45, 2.75) is 38.1 Å². The number of amides is 1. The van der Waals surface area contributed by atoms with Gasteiger partial charge in [-0.2, -0.15) is 0 Å². The maximum atomic E-state index is 12.7. The topological polar surface area (TPSA) is 76.1 Å². The molecule has 0 aliphatic carbocycles. The van der Waals surface area contributed by atoms with Gasteiger partial charge in [-0.15, -0.1) is 0 Å². The third kappa shape index (κ3) is 5.23. The van der Waals surface area contributed by atoms with Crippen molar-refractivity contribution in [2.75, 3.05) is 26.9 Å². The molecule has 1 aromatic rings. The molecule has 1 fully saturated rings. The number of carbonyl (C=O) groups is 2. The highest BCUT2D eigenvalue weighted by Gasteiger charge is 2.27. The Morgan fingerprint density at radius 2 is 1.96 bits per heavy atom. The molecule has 0 radical (unpaired) electrons. The van der Waals surface area contributed by atoms with Crippen LogP contribution in [0.5, 0.6) is 5.75 Å². The number of carbonyl (C=O) groups excluding carboxylic acids is 1. The molecule has 1 heterocycles. The summed E-state index contributed by atoms with van der Waals surface area (Å²) in [6.07, 6.45) is 3.49. The highest BCUT2D eigenvalue weighted by atomic mass is 16.5. The van der Waals surface area contributed by atoms with Crippen LogP contribution in [-0.4, -0.2) is 54.8 Å². The maximum Gasteiger partial charge on any atom is 0.303 e. The first-order valence-electron chi connectivity index (χ1n) is 8.36. The van der Waals surface area contributed by atoms with Crippen molar-refractivity contribution in [3.63, 3.8) is 0 Å². The molecule has 0 bridgehead atoms. The van der Waals surface area contributed by atoms with Crippen LogP contribution in [0.25, 0.3) is 0 Å². The summed E-state index contributed by atoms with van der Waals surface area (Å²) in [4.78, 5) is 25.4. The Kier molecular flexibility index (Phi) is 7.06. The van der Waals surface area contributed by atoms with Gasteiger partial charge in [-0.05, 0) is 49.9 Å². The van der Waals surface area contributed by atoms with Crippen molar-refractivity contribution in [1.82, 2.24) is 4.90 Å². The molecule has 2 rings (SSSR count). The number of piperidine rings is 1. The number of likely N-dealkylation sites (tertiary alicyclic amines) is 1. The van der Waals surface area contributed by atoms with Crippen LogP contribution in [0.2, 0.25) is 0 Å². The molecule has 1 atom stereocenters. The van der Waals surface area contributed by atoms with Gasteiger partial charge in [-0.1, -0.05) is 0 Å². The number of rotatable bonds is 8. The normalized spacial score (nSPS) is 17.5. The molecule has 1 unspecified atom stereocenters. The lowest BCUT2D eigenvalue weighted by molar-refractivity contribution is -0.137. The van der Waals surface area contributed by atoms with Crippen LogP contribution in [0.3, 0.4) is 0 Å². The molecule has 0 spiro atoms. The minimum absolute atomic E-state index is 0.0139. The van der Waals surface area contributed by atoms with E-state index in [4.69, 9.17) is 14.6 Å². The standard InChI is InChI=1S/C18H25NO5/c1-23-12-13-24-16-8-5-14(6-9-16)18(22)19-11-3-2-4-15(19)7-10-17(20)21/h5-6,8-9,15H,2-4,7,10-13H2,1H3,(H,20,21).